The van der Waals surface area contributed by atoms with E-state index in [-0.39, 0.29) is 29.2 Å². The zero-order valence-corrected chi connectivity index (χ0v) is 24.3. The average Bonchev–Trinajstić information content (AvgIpc) is 3.54. The number of carbonyl (C=O) groups is 2. The van der Waals surface area contributed by atoms with Crippen molar-refractivity contribution in [2.24, 2.45) is 5.92 Å². The molecule has 216 valence electrons. The molecule has 2 bridgehead atoms. The molecule has 2 aliphatic heterocycles. The van der Waals surface area contributed by atoms with Crippen LogP contribution in [-0.2, 0) is 13.1 Å². The van der Waals surface area contributed by atoms with Crippen LogP contribution >= 0.6 is 11.3 Å². The monoisotopic (exact) mass is 584 g/mol. The molecule has 1 fully saturated rings. The van der Waals surface area contributed by atoms with Crippen molar-refractivity contribution >= 4 is 34.5 Å². The summed E-state index contributed by atoms with van der Waals surface area (Å²) in [6.07, 6.45) is 1.01. The first-order valence-corrected chi connectivity index (χ1v) is 14.7. The van der Waals surface area contributed by atoms with E-state index in [4.69, 9.17) is 9.47 Å². The van der Waals surface area contributed by atoms with Crippen molar-refractivity contribution in [3.63, 3.8) is 0 Å². The van der Waals surface area contributed by atoms with Gasteiger partial charge in [-0.3, -0.25) is 14.4 Å². The number of pyridine rings is 1. The fourth-order valence-electron chi connectivity index (χ4n) is 5.96. The van der Waals surface area contributed by atoms with E-state index >= 15 is 0 Å². The Morgan fingerprint density at radius 2 is 1.71 bits per heavy atom. The van der Waals surface area contributed by atoms with Crippen molar-refractivity contribution in [3.8, 4) is 11.5 Å². The van der Waals surface area contributed by atoms with Gasteiger partial charge in [0.25, 0.3) is 17.4 Å². The quantitative estimate of drug-likeness (QED) is 0.311. The summed E-state index contributed by atoms with van der Waals surface area (Å²) in [5.74, 6) is 0.900. The van der Waals surface area contributed by atoms with Crippen LogP contribution in [0.25, 0.3) is 0 Å². The number of hydrogen-bond donors (Lipinski definition) is 2. The van der Waals surface area contributed by atoms with E-state index < -0.39 is 0 Å². The van der Waals surface area contributed by atoms with Gasteiger partial charge in [-0.05, 0) is 60.2 Å². The second-order valence-electron chi connectivity index (χ2n) is 10.7. The molecule has 0 saturated carbocycles. The fraction of sp³-hybridized carbons (Fsp3) is 0.281. The molecule has 2 amide bonds. The Labute approximate surface area is 247 Å². The number of piperidine rings is 1. The SMILES string of the molecule is COc1cc(OC)cc(C(=O)Nc2cc(C(=O)NCc3cccs3)ccc2N2C[C@H]3C[C@@H](C2)c2cccc(=O)n2C3)c1. The van der Waals surface area contributed by atoms with Crippen LogP contribution in [0, 0.1) is 5.92 Å². The molecule has 2 aromatic heterocycles. The van der Waals surface area contributed by atoms with Crippen LogP contribution in [0.2, 0.25) is 0 Å². The second kappa shape index (κ2) is 11.7. The first-order valence-electron chi connectivity index (χ1n) is 13.9. The van der Waals surface area contributed by atoms with Crippen molar-refractivity contribution in [1.29, 1.82) is 0 Å². The van der Waals surface area contributed by atoms with E-state index in [0.717, 1.165) is 29.2 Å². The molecule has 4 heterocycles. The fourth-order valence-corrected chi connectivity index (χ4v) is 6.61. The molecular weight excluding hydrogens is 552 g/mol. The van der Waals surface area contributed by atoms with Gasteiger partial charge >= 0.3 is 0 Å². The lowest BCUT2D eigenvalue weighted by Crippen LogP contribution is -2.47. The maximum absolute atomic E-state index is 13.6. The van der Waals surface area contributed by atoms with E-state index in [1.807, 2.05) is 40.3 Å². The number of hydrogen-bond acceptors (Lipinski definition) is 7. The van der Waals surface area contributed by atoms with Gasteiger partial charge in [0.15, 0.2) is 0 Å². The van der Waals surface area contributed by atoms with Gasteiger partial charge < -0.3 is 29.6 Å². The van der Waals surface area contributed by atoms with Gasteiger partial charge in [0, 0.05) is 59.4 Å². The summed E-state index contributed by atoms with van der Waals surface area (Å²) in [5, 5.41) is 8.00. The van der Waals surface area contributed by atoms with Crippen molar-refractivity contribution in [3.05, 3.63) is 104 Å². The third-order valence-corrected chi connectivity index (χ3v) is 8.82. The van der Waals surface area contributed by atoms with Gasteiger partial charge in [0.05, 0.1) is 32.1 Å². The maximum atomic E-state index is 13.6. The number of amides is 2. The summed E-state index contributed by atoms with van der Waals surface area (Å²) in [5.41, 5.74) is 3.26. The Morgan fingerprint density at radius 3 is 2.45 bits per heavy atom. The topological polar surface area (TPSA) is 102 Å². The molecule has 10 heteroatoms. The number of nitrogens with zero attached hydrogens (tertiary/aromatic N) is 2. The van der Waals surface area contributed by atoms with Gasteiger partial charge in [-0.2, -0.15) is 0 Å². The number of benzene rings is 2. The predicted octanol–water partition coefficient (Wildman–Crippen LogP) is 4.73. The second-order valence-corrected chi connectivity index (χ2v) is 11.7. The molecular formula is C32H32N4O5S. The summed E-state index contributed by atoms with van der Waals surface area (Å²) in [6.45, 7) is 2.52. The lowest BCUT2D eigenvalue weighted by Gasteiger charge is -2.44. The number of methoxy groups -OCH3 is 2. The zero-order chi connectivity index (χ0) is 29.2. The molecule has 42 heavy (non-hydrogen) atoms. The Morgan fingerprint density at radius 1 is 0.905 bits per heavy atom. The standard InChI is InChI=1S/C32H32N4O5S/c1-40-24-12-22(13-25(15-24)41-2)32(39)34-27-14-21(31(38)33-16-26-5-4-10-42-26)8-9-29(27)35-17-20-11-23(19-35)28-6-3-7-30(37)36(28)18-20/h3-10,12-15,20,23H,11,16-19H2,1-2H3,(H,33,38)(H,34,39)/t20-,23+/m1/s1. The third kappa shape index (κ3) is 5.62. The number of rotatable bonds is 8. The third-order valence-electron chi connectivity index (χ3n) is 7.94. The molecule has 2 N–H and O–H groups in total. The highest BCUT2D eigenvalue weighted by atomic mass is 32.1. The maximum Gasteiger partial charge on any atom is 0.255 e. The van der Waals surface area contributed by atoms with Crippen LogP contribution in [0.4, 0.5) is 11.4 Å². The smallest absolute Gasteiger partial charge is 0.255 e. The van der Waals surface area contributed by atoms with Crippen LogP contribution in [0.5, 0.6) is 11.5 Å². The van der Waals surface area contributed by atoms with Gasteiger partial charge in [0.2, 0.25) is 0 Å². The Hall–Kier alpha value is -4.57. The Balaban J connectivity index is 1.32. The van der Waals surface area contributed by atoms with Gasteiger partial charge in [-0.25, -0.2) is 0 Å². The van der Waals surface area contributed by atoms with E-state index in [0.29, 0.717) is 47.9 Å². The summed E-state index contributed by atoms with van der Waals surface area (Å²) in [4.78, 5) is 42.5. The molecule has 0 spiro atoms. The molecule has 9 nitrogen and oxygen atoms in total. The van der Waals surface area contributed by atoms with Gasteiger partial charge in [0.1, 0.15) is 11.5 Å². The molecule has 2 atom stereocenters. The minimum absolute atomic E-state index is 0.0373. The highest BCUT2D eigenvalue weighted by Gasteiger charge is 2.35. The van der Waals surface area contributed by atoms with E-state index in [1.54, 1.807) is 47.7 Å². The lowest BCUT2D eigenvalue weighted by atomic mass is 9.83. The Bertz CT molecular complexity index is 1660. The van der Waals surface area contributed by atoms with E-state index in [9.17, 15) is 14.4 Å². The first kappa shape index (κ1) is 27.6. The minimum atomic E-state index is -0.348. The van der Waals surface area contributed by atoms with Crippen molar-refractivity contribution in [2.75, 3.05) is 37.5 Å². The first-order chi connectivity index (χ1) is 20.4. The number of nitrogens with one attached hydrogen (secondary N) is 2. The van der Waals surface area contributed by atoms with Crippen LogP contribution in [0.3, 0.4) is 0 Å². The number of thiophene rings is 1. The zero-order valence-electron chi connectivity index (χ0n) is 23.5. The molecule has 0 radical (unpaired) electrons. The number of fused-ring (bicyclic) bond motifs is 4. The highest BCUT2D eigenvalue weighted by molar-refractivity contribution is 7.09. The molecule has 6 rings (SSSR count). The Kier molecular flexibility index (Phi) is 7.71. The van der Waals surface area contributed by atoms with Crippen LogP contribution < -0.4 is 30.6 Å². The molecule has 0 aliphatic carbocycles. The molecule has 0 unspecified atom stereocenters. The average molecular weight is 585 g/mol. The predicted molar refractivity (Wildman–Crippen MR) is 163 cm³/mol. The largest absolute Gasteiger partial charge is 0.497 e. The molecule has 2 aliphatic rings. The summed E-state index contributed by atoms with van der Waals surface area (Å²) in [6, 6.07) is 19.8. The molecule has 4 aromatic rings. The molecule has 1 saturated heterocycles. The van der Waals surface area contributed by atoms with Gasteiger partial charge in [-0.1, -0.05) is 12.1 Å². The molecule has 2 aromatic carbocycles. The summed E-state index contributed by atoms with van der Waals surface area (Å²) < 4.78 is 12.6. The highest BCUT2D eigenvalue weighted by Crippen LogP contribution is 2.39. The van der Waals surface area contributed by atoms with Crippen LogP contribution in [-0.4, -0.2) is 43.7 Å². The van der Waals surface area contributed by atoms with Crippen molar-refractivity contribution in [2.45, 2.75) is 25.4 Å². The van der Waals surface area contributed by atoms with E-state index in [2.05, 4.69) is 15.5 Å². The summed E-state index contributed by atoms with van der Waals surface area (Å²) in [7, 11) is 3.07. The lowest BCUT2D eigenvalue weighted by molar-refractivity contribution is 0.0950. The van der Waals surface area contributed by atoms with Crippen LogP contribution in [0.15, 0.2) is 76.9 Å². The van der Waals surface area contributed by atoms with Crippen molar-refractivity contribution in [1.82, 2.24) is 9.88 Å². The number of ether oxygens (including phenoxy) is 2. The number of aromatic nitrogens is 1. The minimum Gasteiger partial charge on any atom is -0.497 e. The summed E-state index contributed by atoms with van der Waals surface area (Å²) >= 11 is 1.58. The normalized spacial score (nSPS) is 17.2. The van der Waals surface area contributed by atoms with Gasteiger partial charge in [-0.15, -0.1) is 11.3 Å². The van der Waals surface area contributed by atoms with Crippen LogP contribution in [0.1, 0.15) is 43.6 Å². The van der Waals surface area contributed by atoms with E-state index in [1.165, 1.54) is 14.2 Å². The number of carbonyl (C=O) groups excluding carboxylic acids is 2. The number of anilines is 2. The van der Waals surface area contributed by atoms with Crippen molar-refractivity contribution < 1.29 is 19.1 Å².